The number of aromatic nitrogens is 3. The fraction of sp³-hybridized carbons (Fsp3) is 0.320. The molecular formula is C25H26N6O2S2. The van der Waals surface area contributed by atoms with E-state index in [4.69, 9.17) is 4.98 Å². The number of thioether (sulfide) groups is 1. The number of nitrogens with one attached hydrogen (secondary N) is 3. The molecule has 8 nitrogen and oxygen atoms in total. The molecule has 1 saturated carbocycles. The number of carbonyl (C=O) groups is 2. The van der Waals surface area contributed by atoms with E-state index in [2.05, 4.69) is 60.9 Å². The number of carbonyl (C=O) groups excluding carboxylic acids is 2. The molecule has 0 atom stereocenters. The number of anilines is 1. The first kappa shape index (κ1) is 23.7. The van der Waals surface area contributed by atoms with E-state index in [1.54, 1.807) is 29.7 Å². The largest absolute Gasteiger partial charge is 0.351 e. The van der Waals surface area contributed by atoms with Crippen LogP contribution in [0.4, 0.5) is 10.7 Å². The van der Waals surface area contributed by atoms with Gasteiger partial charge in [0.2, 0.25) is 5.95 Å². The molecule has 10 heteroatoms. The summed E-state index contributed by atoms with van der Waals surface area (Å²) >= 11 is 2.58. The molecule has 0 spiro atoms. The molecule has 4 heterocycles. The van der Waals surface area contributed by atoms with Crippen LogP contribution in [-0.4, -0.2) is 44.7 Å². The van der Waals surface area contributed by atoms with E-state index in [0.717, 1.165) is 61.8 Å². The fourth-order valence-corrected chi connectivity index (χ4v) is 5.61. The van der Waals surface area contributed by atoms with Gasteiger partial charge in [-0.1, -0.05) is 6.07 Å². The van der Waals surface area contributed by atoms with Crippen LogP contribution in [0.2, 0.25) is 0 Å². The molecular weight excluding hydrogens is 480 g/mol. The van der Waals surface area contributed by atoms with Crippen LogP contribution < -0.4 is 16.0 Å². The monoisotopic (exact) mass is 506 g/mol. The highest BCUT2D eigenvalue weighted by molar-refractivity contribution is 8.18. The van der Waals surface area contributed by atoms with Crippen molar-refractivity contribution in [1.82, 2.24) is 25.6 Å². The highest BCUT2D eigenvalue weighted by atomic mass is 32.2. The predicted octanol–water partition coefficient (Wildman–Crippen LogP) is 4.48. The van der Waals surface area contributed by atoms with Crippen molar-refractivity contribution in [1.29, 1.82) is 0 Å². The standard InChI is InChI=1S/C25H26N6O2S2/c32-23-22(35-25(33)31-23)14-20-9-12-27-24(30-20)29-19-6-4-17(5-7-19)26-11-8-18-2-1-3-21(28-18)16-10-13-34-15-16/h1-3,9-10,12-15,17,19,26H,4-8,11H2,(H,27,29,30)(H,31,32,33)/b22-14-/t17-,19-. The van der Waals surface area contributed by atoms with Gasteiger partial charge < -0.3 is 10.6 Å². The van der Waals surface area contributed by atoms with Gasteiger partial charge in [0.15, 0.2) is 0 Å². The molecule has 5 rings (SSSR count). The SMILES string of the molecule is O=C1NC(=O)/C(=C/c2ccnc(N[C@H]3CC[C@H](NCCc4cccc(-c5ccsc5)n4)CC3)n2)S1. The Kier molecular flexibility index (Phi) is 7.51. The number of thiophene rings is 1. The Morgan fingerprint density at radius 3 is 2.69 bits per heavy atom. The first-order valence-corrected chi connectivity index (χ1v) is 13.4. The van der Waals surface area contributed by atoms with Gasteiger partial charge in [0.1, 0.15) is 0 Å². The van der Waals surface area contributed by atoms with Crippen molar-refractivity contribution in [2.75, 3.05) is 11.9 Å². The van der Waals surface area contributed by atoms with Crippen molar-refractivity contribution in [3.8, 4) is 11.3 Å². The number of hydrogen-bond donors (Lipinski definition) is 3. The van der Waals surface area contributed by atoms with Gasteiger partial charge in [-0.15, -0.1) is 0 Å². The molecule has 0 radical (unpaired) electrons. The van der Waals surface area contributed by atoms with Crippen molar-refractivity contribution in [2.45, 2.75) is 44.2 Å². The number of rotatable bonds is 8. The van der Waals surface area contributed by atoms with Crippen LogP contribution in [0.15, 0.2) is 52.2 Å². The molecule has 0 bridgehead atoms. The number of nitrogens with zero attached hydrogens (tertiary/aromatic N) is 3. The van der Waals surface area contributed by atoms with Gasteiger partial charge in [-0.3, -0.25) is 19.9 Å². The minimum atomic E-state index is -0.384. The summed E-state index contributed by atoms with van der Waals surface area (Å²) in [5, 5.41) is 13.2. The second-order valence-electron chi connectivity index (χ2n) is 8.58. The van der Waals surface area contributed by atoms with Gasteiger partial charge in [0.05, 0.1) is 16.3 Å². The van der Waals surface area contributed by atoms with Crippen molar-refractivity contribution < 1.29 is 9.59 Å². The summed E-state index contributed by atoms with van der Waals surface area (Å²) in [5.74, 6) is 0.159. The summed E-state index contributed by atoms with van der Waals surface area (Å²) in [6, 6.07) is 10.9. The zero-order chi connectivity index (χ0) is 24.0. The zero-order valence-corrected chi connectivity index (χ0v) is 20.7. The Hall–Kier alpha value is -3.08. The Morgan fingerprint density at radius 2 is 1.91 bits per heavy atom. The predicted molar refractivity (Wildman–Crippen MR) is 140 cm³/mol. The third-order valence-corrected chi connectivity index (χ3v) is 7.59. The van der Waals surface area contributed by atoms with Crippen LogP contribution in [0, 0.1) is 0 Å². The van der Waals surface area contributed by atoms with E-state index in [-0.39, 0.29) is 11.1 Å². The average Bonchev–Trinajstić information content (AvgIpc) is 3.51. The minimum absolute atomic E-state index is 0.311. The van der Waals surface area contributed by atoms with Gasteiger partial charge >= 0.3 is 0 Å². The normalized spacial score (nSPS) is 21.3. The topological polar surface area (TPSA) is 109 Å². The maximum Gasteiger partial charge on any atom is 0.290 e. The maximum absolute atomic E-state index is 11.8. The number of pyridine rings is 1. The second-order valence-corrected chi connectivity index (χ2v) is 10.4. The Labute approximate surface area is 212 Å². The molecule has 2 amide bonds. The summed E-state index contributed by atoms with van der Waals surface area (Å²) in [5.41, 5.74) is 3.93. The minimum Gasteiger partial charge on any atom is -0.351 e. The van der Waals surface area contributed by atoms with Crippen LogP contribution in [0.1, 0.15) is 37.1 Å². The molecule has 3 N–H and O–H groups in total. The highest BCUT2D eigenvalue weighted by Gasteiger charge is 2.25. The molecule has 1 aliphatic carbocycles. The lowest BCUT2D eigenvalue weighted by Gasteiger charge is -2.29. The Morgan fingerprint density at radius 1 is 1.06 bits per heavy atom. The Balaban J connectivity index is 1.07. The maximum atomic E-state index is 11.8. The molecule has 3 aromatic rings. The lowest BCUT2D eigenvalue weighted by Crippen LogP contribution is -2.38. The van der Waals surface area contributed by atoms with Gasteiger partial charge in [-0.2, -0.15) is 11.3 Å². The molecule has 0 aromatic carbocycles. The molecule has 2 aliphatic rings. The second kappa shape index (κ2) is 11.1. The molecule has 35 heavy (non-hydrogen) atoms. The molecule has 1 saturated heterocycles. The first-order chi connectivity index (χ1) is 17.1. The van der Waals surface area contributed by atoms with Gasteiger partial charge in [-0.25, -0.2) is 9.97 Å². The fourth-order valence-electron chi connectivity index (χ4n) is 4.30. The molecule has 3 aromatic heterocycles. The molecule has 2 fully saturated rings. The van der Waals surface area contributed by atoms with E-state index in [1.807, 2.05) is 0 Å². The van der Waals surface area contributed by atoms with E-state index in [9.17, 15) is 9.59 Å². The van der Waals surface area contributed by atoms with Gasteiger partial charge in [0.25, 0.3) is 11.1 Å². The first-order valence-electron chi connectivity index (χ1n) is 11.7. The van der Waals surface area contributed by atoms with Crippen molar-refractivity contribution in [3.63, 3.8) is 0 Å². The van der Waals surface area contributed by atoms with Crippen molar-refractivity contribution in [2.24, 2.45) is 0 Å². The van der Waals surface area contributed by atoms with E-state index >= 15 is 0 Å². The van der Waals surface area contributed by atoms with Crippen LogP contribution in [0.25, 0.3) is 17.3 Å². The van der Waals surface area contributed by atoms with Crippen LogP contribution >= 0.6 is 23.1 Å². The van der Waals surface area contributed by atoms with E-state index in [1.165, 1.54) is 5.56 Å². The Bertz CT molecular complexity index is 1220. The molecule has 1 aliphatic heterocycles. The number of imide groups is 1. The van der Waals surface area contributed by atoms with Crippen LogP contribution in [-0.2, 0) is 11.2 Å². The summed E-state index contributed by atoms with van der Waals surface area (Å²) < 4.78 is 0. The van der Waals surface area contributed by atoms with Crippen LogP contribution in [0.3, 0.4) is 0 Å². The summed E-state index contributed by atoms with van der Waals surface area (Å²) in [4.78, 5) is 37.1. The van der Waals surface area contributed by atoms with Crippen molar-refractivity contribution >= 4 is 46.3 Å². The smallest absolute Gasteiger partial charge is 0.290 e. The summed E-state index contributed by atoms with van der Waals surface area (Å²) in [7, 11) is 0. The number of amides is 2. The lowest BCUT2D eigenvalue weighted by molar-refractivity contribution is -0.115. The summed E-state index contributed by atoms with van der Waals surface area (Å²) in [6.45, 7) is 0.913. The summed E-state index contributed by atoms with van der Waals surface area (Å²) in [6.07, 6.45) is 8.43. The van der Waals surface area contributed by atoms with E-state index in [0.29, 0.717) is 28.6 Å². The number of hydrogen-bond acceptors (Lipinski definition) is 9. The lowest BCUT2D eigenvalue weighted by atomic mass is 9.91. The molecule has 0 unspecified atom stereocenters. The van der Waals surface area contributed by atoms with Gasteiger partial charge in [0, 0.05) is 47.9 Å². The quantitative estimate of drug-likeness (QED) is 0.384. The third-order valence-electron chi connectivity index (χ3n) is 6.10. The van der Waals surface area contributed by atoms with E-state index < -0.39 is 0 Å². The average molecular weight is 507 g/mol. The zero-order valence-electron chi connectivity index (χ0n) is 19.1. The highest BCUT2D eigenvalue weighted by Crippen LogP contribution is 2.26. The van der Waals surface area contributed by atoms with Crippen molar-refractivity contribution in [3.05, 3.63) is 63.6 Å². The third kappa shape index (κ3) is 6.33. The van der Waals surface area contributed by atoms with Crippen LogP contribution in [0.5, 0.6) is 0 Å². The molecule has 180 valence electrons. The van der Waals surface area contributed by atoms with Gasteiger partial charge in [-0.05, 0) is 73.2 Å².